The second-order valence-electron chi connectivity index (χ2n) is 9.06. The third-order valence-corrected chi connectivity index (χ3v) is 7.81. The lowest BCUT2D eigenvalue weighted by molar-refractivity contribution is -0.146. The number of aromatic amines is 1. The van der Waals surface area contributed by atoms with Crippen LogP contribution in [-0.2, 0) is 30.0 Å². The maximum atomic E-state index is 13.8. The molecule has 0 unspecified atom stereocenters. The first-order chi connectivity index (χ1) is 19.2. The molecule has 0 spiro atoms. The first-order valence-electron chi connectivity index (χ1n) is 12.4. The smallest absolute Gasteiger partial charge is 0.459 e. The Kier molecular flexibility index (Phi) is 9.69. The predicted molar refractivity (Wildman–Crippen MR) is 141 cm³/mol. The van der Waals surface area contributed by atoms with Gasteiger partial charge in [-0.25, -0.2) is 9.36 Å². The SMILES string of the molecule is C[C@@H](N[P@@](=O)(OC[C@H]1O[C@@H](n2ccc(=O)[nH]c2=O)[C@H](O)[C@@H]1CO)Oc1ccccc1)C(=O)OCc1ccccc1. The highest BCUT2D eigenvalue weighted by molar-refractivity contribution is 7.52. The summed E-state index contributed by atoms with van der Waals surface area (Å²) in [5, 5.41) is 23.2. The summed E-state index contributed by atoms with van der Waals surface area (Å²) in [6, 6.07) is 17.1. The topological polar surface area (TPSA) is 178 Å². The molecule has 1 aromatic heterocycles. The Bertz CT molecular complexity index is 1430. The molecule has 1 aliphatic rings. The van der Waals surface area contributed by atoms with Crippen molar-refractivity contribution in [3.63, 3.8) is 0 Å². The molecule has 4 rings (SSSR count). The molecule has 1 fully saturated rings. The molecule has 214 valence electrons. The van der Waals surface area contributed by atoms with E-state index in [0.29, 0.717) is 0 Å². The normalized spacial score (nSPS) is 22.8. The molecule has 2 heterocycles. The van der Waals surface area contributed by atoms with Crippen molar-refractivity contribution in [1.82, 2.24) is 14.6 Å². The molecule has 0 radical (unpaired) electrons. The maximum absolute atomic E-state index is 13.8. The van der Waals surface area contributed by atoms with Crippen LogP contribution in [0.4, 0.5) is 0 Å². The van der Waals surface area contributed by atoms with Crippen molar-refractivity contribution in [2.75, 3.05) is 13.2 Å². The molecule has 0 saturated carbocycles. The number of ether oxygens (including phenoxy) is 2. The first-order valence-corrected chi connectivity index (χ1v) is 14.0. The Morgan fingerprint density at radius 2 is 1.80 bits per heavy atom. The van der Waals surface area contributed by atoms with Crippen molar-refractivity contribution in [2.24, 2.45) is 5.92 Å². The monoisotopic (exact) mass is 575 g/mol. The number of aliphatic hydroxyl groups is 2. The molecular weight excluding hydrogens is 545 g/mol. The number of carbonyl (C=O) groups excluding carboxylic acids is 1. The Morgan fingerprint density at radius 1 is 1.12 bits per heavy atom. The summed E-state index contributed by atoms with van der Waals surface area (Å²) in [5.74, 6) is -1.46. The molecular formula is C26H30N3O10P. The minimum atomic E-state index is -4.27. The molecule has 0 amide bonds. The molecule has 2 aromatic carbocycles. The van der Waals surface area contributed by atoms with E-state index in [4.69, 9.17) is 18.5 Å². The zero-order chi connectivity index (χ0) is 28.7. The fraction of sp³-hybridized carbons (Fsp3) is 0.346. The molecule has 13 nitrogen and oxygen atoms in total. The summed E-state index contributed by atoms with van der Waals surface area (Å²) in [4.78, 5) is 38.4. The van der Waals surface area contributed by atoms with Crippen molar-refractivity contribution in [1.29, 1.82) is 0 Å². The number of H-pyrrole nitrogens is 1. The van der Waals surface area contributed by atoms with Gasteiger partial charge in [0.25, 0.3) is 5.56 Å². The highest BCUT2D eigenvalue weighted by Crippen LogP contribution is 2.46. The van der Waals surface area contributed by atoms with Gasteiger partial charge in [0.1, 0.15) is 24.5 Å². The summed E-state index contributed by atoms with van der Waals surface area (Å²) < 4.78 is 37.1. The molecule has 0 bridgehead atoms. The van der Waals surface area contributed by atoms with Gasteiger partial charge >= 0.3 is 19.4 Å². The summed E-state index contributed by atoms with van der Waals surface area (Å²) in [7, 11) is -4.27. The molecule has 1 aliphatic heterocycles. The third kappa shape index (κ3) is 7.33. The van der Waals surface area contributed by atoms with Crippen LogP contribution in [-0.4, -0.2) is 57.2 Å². The second-order valence-corrected chi connectivity index (χ2v) is 10.8. The molecule has 1 saturated heterocycles. The van der Waals surface area contributed by atoms with E-state index in [1.807, 2.05) is 6.07 Å². The number of nitrogens with zero attached hydrogens (tertiary/aromatic N) is 1. The first kappa shape index (κ1) is 29.4. The summed E-state index contributed by atoms with van der Waals surface area (Å²) >= 11 is 0. The fourth-order valence-electron chi connectivity index (χ4n) is 4.06. The molecule has 6 atom stereocenters. The Hall–Kier alpha value is -3.58. The number of hydrogen-bond acceptors (Lipinski definition) is 10. The predicted octanol–water partition coefficient (Wildman–Crippen LogP) is 1.33. The fourth-order valence-corrected chi connectivity index (χ4v) is 5.57. The van der Waals surface area contributed by atoms with E-state index in [9.17, 15) is 29.2 Å². The van der Waals surface area contributed by atoms with Gasteiger partial charge in [0.2, 0.25) is 0 Å². The van der Waals surface area contributed by atoms with Crippen molar-refractivity contribution < 1.29 is 38.1 Å². The van der Waals surface area contributed by atoms with Gasteiger partial charge < -0.3 is 24.2 Å². The number of rotatable bonds is 12. The van der Waals surface area contributed by atoms with Gasteiger partial charge in [-0.05, 0) is 24.6 Å². The Morgan fingerprint density at radius 3 is 2.45 bits per heavy atom. The van der Waals surface area contributed by atoms with Crippen LogP contribution in [0.5, 0.6) is 5.75 Å². The minimum absolute atomic E-state index is 0.00782. The minimum Gasteiger partial charge on any atom is -0.460 e. The maximum Gasteiger partial charge on any atom is 0.459 e. The van der Waals surface area contributed by atoms with Gasteiger partial charge in [-0.2, -0.15) is 5.09 Å². The van der Waals surface area contributed by atoms with Crippen LogP contribution in [0.3, 0.4) is 0 Å². The van der Waals surface area contributed by atoms with Crippen LogP contribution in [0.1, 0.15) is 18.7 Å². The lowest BCUT2D eigenvalue weighted by Gasteiger charge is -2.25. The van der Waals surface area contributed by atoms with E-state index in [1.54, 1.807) is 54.6 Å². The molecule has 4 N–H and O–H groups in total. The van der Waals surface area contributed by atoms with E-state index >= 15 is 0 Å². The van der Waals surface area contributed by atoms with Crippen molar-refractivity contribution in [2.45, 2.75) is 38.0 Å². The van der Waals surface area contributed by atoms with Crippen LogP contribution in [0.25, 0.3) is 0 Å². The van der Waals surface area contributed by atoms with Crippen molar-refractivity contribution in [3.05, 3.63) is 99.3 Å². The summed E-state index contributed by atoms with van der Waals surface area (Å²) in [6.07, 6.45) is -2.51. The summed E-state index contributed by atoms with van der Waals surface area (Å²) in [6.45, 7) is 0.430. The molecule has 40 heavy (non-hydrogen) atoms. The van der Waals surface area contributed by atoms with Gasteiger partial charge in [-0.15, -0.1) is 0 Å². The zero-order valence-corrected chi connectivity index (χ0v) is 22.4. The average molecular weight is 576 g/mol. The molecule has 3 aromatic rings. The highest BCUT2D eigenvalue weighted by atomic mass is 31.2. The van der Waals surface area contributed by atoms with Gasteiger partial charge in [0.15, 0.2) is 6.23 Å². The van der Waals surface area contributed by atoms with Crippen LogP contribution < -0.4 is 20.9 Å². The number of para-hydroxylation sites is 1. The number of esters is 1. The Labute approximate surface area is 228 Å². The Balaban J connectivity index is 1.47. The average Bonchev–Trinajstić information content (AvgIpc) is 3.26. The zero-order valence-electron chi connectivity index (χ0n) is 21.5. The van der Waals surface area contributed by atoms with Crippen LogP contribution in [0, 0.1) is 5.92 Å². The van der Waals surface area contributed by atoms with E-state index in [0.717, 1.165) is 22.4 Å². The number of hydrogen-bond donors (Lipinski definition) is 4. The summed E-state index contributed by atoms with van der Waals surface area (Å²) in [5.41, 5.74) is -0.683. The standard InChI is InChI=1S/C26H30N3O10P/c1-17(25(33)36-15-18-8-4-2-5-9-18)28-40(35,39-19-10-6-3-7-11-19)37-16-21-20(14-30)23(32)24(38-21)29-13-12-22(31)27-26(29)34/h2-13,17,20-21,23-24,30,32H,14-16H2,1H3,(H,28,35)(H,27,31,34)/t17-,20-,21-,23-,24-,40-/m1/s1. The van der Waals surface area contributed by atoms with E-state index < -0.39 is 68.6 Å². The number of aliphatic hydroxyl groups excluding tert-OH is 2. The van der Waals surface area contributed by atoms with Gasteiger partial charge in [-0.1, -0.05) is 48.5 Å². The molecule has 14 heteroatoms. The van der Waals surface area contributed by atoms with Crippen LogP contribution in [0.15, 0.2) is 82.5 Å². The van der Waals surface area contributed by atoms with Crippen molar-refractivity contribution >= 4 is 13.7 Å². The van der Waals surface area contributed by atoms with E-state index in [-0.39, 0.29) is 12.4 Å². The quantitative estimate of drug-likeness (QED) is 0.181. The highest BCUT2D eigenvalue weighted by Gasteiger charge is 2.46. The van der Waals surface area contributed by atoms with Crippen LogP contribution in [0.2, 0.25) is 0 Å². The third-order valence-electron chi connectivity index (χ3n) is 6.17. The van der Waals surface area contributed by atoms with Gasteiger partial charge in [0.05, 0.1) is 19.3 Å². The number of aromatic nitrogens is 2. The van der Waals surface area contributed by atoms with Gasteiger partial charge in [-0.3, -0.25) is 23.7 Å². The van der Waals surface area contributed by atoms with E-state index in [1.165, 1.54) is 6.92 Å². The second kappa shape index (κ2) is 13.2. The number of carbonyl (C=O) groups is 1. The number of benzene rings is 2. The van der Waals surface area contributed by atoms with E-state index in [2.05, 4.69) is 10.1 Å². The lowest BCUT2D eigenvalue weighted by atomic mass is 9.99. The number of nitrogens with one attached hydrogen (secondary N) is 2. The largest absolute Gasteiger partial charge is 0.460 e. The van der Waals surface area contributed by atoms with Crippen LogP contribution >= 0.6 is 7.75 Å². The van der Waals surface area contributed by atoms with Crippen molar-refractivity contribution in [3.8, 4) is 5.75 Å². The lowest BCUT2D eigenvalue weighted by Crippen LogP contribution is -2.37. The van der Waals surface area contributed by atoms with Gasteiger partial charge in [0, 0.05) is 18.2 Å². The molecule has 0 aliphatic carbocycles.